The van der Waals surface area contributed by atoms with Crippen molar-refractivity contribution in [3.8, 4) is 5.75 Å². The molecule has 2 aromatic carbocycles. The highest BCUT2D eigenvalue weighted by Crippen LogP contribution is 2.16. The number of rotatable bonds is 9. The summed E-state index contributed by atoms with van der Waals surface area (Å²) in [5.41, 5.74) is 7.49. The lowest BCUT2D eigenvalue weighted by molar-refractivity contribution is -0.119. The van der Waals surface area contributed by atoms with E-state index in [4.69, 9.17) is 10.5 Å². The lowest BCUT2D eigenvalue weighted by atomic mass is 10.1. The Labute approximate surface area is 171 Å². The first kappa shape index (κ1) is 21.6. The van der Waals surface area contributed by atoms with Gasteiger partial charge in [0.05, 0.1) is 0 Å². The monoisotopic (exact) mass is 400 g/mol. The highest BCUT2D eigenvalue weighted by molar-refractivity contribution is 7.98. The zero-order valence-corrected chi connectivity index (χ0v) is 17.5. The predicted octanol–water partition coefficient (Wildman–Crippen LogP) is 2.52. The number of amides is 1. The van der Waals surface area contributed by atoms with Crippen LogP contribution < -0.4 is 15.8 Å². The van der Waals surface area contributed by atoms with Gasteiger partial charge < -0.3 is 20.7 Å². The Bertz CT molecular complexity index is 776. The molecule has 0 heterocycles. The summed E-state index contributed by atoms with van der Waals surface area (Å²) in [4.78, 5) is 18.5. The van der Waals surface area contributed by atoms with Crippen LogP contribution in [0.3, 0.4) is 0 Å². The molecule has 3 N–H and O–H groups in total. The Balaban J connectivity index is 1.80. The minimum atomic E-state index is -0.482. The Morgan fingerprint density at radius 1 is 1.14 bits per heavy atom. The molecule has 6 nitrogen and oxygen atoms in total. The number of benzene rings is 2. The fourth-order valence-corrected chi connectivity index (χ4v) is 3.10. The van der Waals surface area contributed by atoms with Gasteiger partial charge in [0, 0.05) is 32.1 Å². The average molecular weight is 401 g/mol. The highest BCUT2D eigenvalue weighted by Gasteiger charge is 2.07. The van der Waals surface area contributed by atoms with Gasteiger partial charge in [-0.25, -0.2) is 0 Å². The van der Waals surface area contributed by atoms with E-state index in [0.717, 1.165) is 25.5 Å². The molecule has 0 spiro atoms. The molecule has 0 radical (unpaired) electrons. The second kappa shape index (κ2) is 11.2. The molecule has 0 aliphatic heterocycles. The van der Waals surface area contributed by atoms with E-state index < -0.39 is 5.91 Å². The first-order chi connectivity index (χ1) is 13.5. The molecule has 0 saturated heterocycles. The van der Waals surface area contributed by atoms with Gasteiger partial charge in [-0.3, -0.25) is 9.79 Å². The van der Waals surface area contributed by atoms with Crippen molar-refractivity contribution in [3.05, 3.63) is 59.7 Å². The average Bonchev–Trinajstić information content (AvgIpc) is 2.71. The molecule has 150 valence electrons. The van der Waals surface area contributed by atoms with Crippen LogP contribution in [-0.2, 0) is 17.8 Å². The fraction of sp³-hybridized carbons (Fsp3) is 0.333. The number of ether oxygens (including phenoxy) is 1. The maximum Gasteiger partial charge on any atom is 0.255 e. The van der Waals surface area contributed by atoms with Crippen LogP contribution in [0, 0.1) is 0 Å². The Morgan fingerprint density at radius 3 is 2.36 bits per heavy atom. The smallest absolute Gasteiger partial charge is 0.255 e. The summed E-state index contributed by atoms with van der Waals surface area (Å²) in [6.07, 6.45) is 2.93. The molecular formula is C21H28N4O2S. The third-order valence-corrected chi connectivity index (χ3v) is 4.90. The van der Waals surface area contributed by atoms with Gasteiger partial charge in [0.25, 0.3) is 5.91 Å². The van der Waals surface area contributed by atoms with Gasteiger partial charge in [0.15, 0.2) is 12.6 Å². The van der Waals surface area contributed by atoms with Crippen molar-refractivity contribution < 1.29 is 9.53 Å². The number of primary amides is 1. The van der Waals surface area contributed by atoms with Crippen molar-refractivity contribution in [1.82, 2.24) is 10.2 Å². The first-order valence-corrected chi connectivity index (χ1v) is 10.3. The van der Waals surface area contributed by atoms with E-state index in [0.29, 0.717) is 5.75 Å². The number of aliphatic imine (C=N–C) groups is 1. The van der Waals surface area contributed by atoms with Crippen molar-refractivity contribution in [2.45, 2.75) is 17.9 Å². The van der Waals surface area contributed by atoms with Crippen molar-refractivity contribution in [3.63, 3.8) is 0 Å². The van der Waals surface area contributed by atoms with Crippen molar-refractivity contribution in [1.29, 1.82) is 0 Å². The molecule has 1 amide bonds. The Hall–Kier alpha value is -2.67. The van der Waals surface area contributed by atoms with Gasteiger partial charge in [-0.05, 0) is 48.1 Å². The van der Waals surface area contributed by atoms with Crippen molar-refractivity contribution in [2.24, 2.45) is 10.7 Å². The molecule has 0 aliphatic carbocycles. The number of hydrogen-bond acceptors (Lipinski definition) is 4. The largest absolute Gasteiger partial charge is 0.484 e. The predicted molar refractivity (Wildman–Crippen MR) is 116 cm³/mol. The van der Waals surface area contributed by atoms with Crippen LogP contribution in [0.4, 0.5) is 0 Å². The first-order valence-electron chi connectivity index (χ1n) is 9.06. The van der Waals surface area contributed by atoms with Crippen molar-refractivity contribution >= 4 is 23.6 Å². The minimum Gasteiger partial charge on any atom is -0.484 e. The molecular weight excluding hydrogens is 372 g/mol. The minimum absolute atomic E-state index is 0.108. The second-order valence-corrected chi connectivity index (χ2v) is 7.21. The number of guanidine groups is 1. The third-order valence-electron chi connectivity index (χ3n) is 4.15. The van der Waals surface area contributed by atoms with E-state index in [2.05, 4.69) is 45.7 Å². The lowest BCUT2D eigenvalue weighted by Crippen LogP contribution is -2.39. The maximum absolute atomic E-state index is 10.7. The summed E-state index contributed by atoms with van der Waals surface area (Å²) >= 11 is 1.74. The summed E-state index contributed by atoms with van der Waals surface area (Å²) in [5.74, 6) is 1.01. The van der Waals surface area contributed by atoms with Gasteiger partial charge in [0.2, 0.25) is 0 Å². The van der Waals surface area contributed by atoms with Crippen LogP contribution in [0.1, 0.15) is 11.1 Å². The van der Waals surface area contributed by atoms with E-state index in [1.807, 2.05) is 31.3 Å². The number of carbonyl (C=O) groups excluding carboxylic acids is 1. The van der Waals surface area contributed by atoms with Crippen LogP contribution >= 0.6 is 11.8 Å². The quantitative estimate of drug-likeness (QED) is 0.384. The van der Waals surface area contributed by atoms with Gasteiger partial charge in [0.1, 0.15) is 5.75 Å². The summed E-state index contributed by atoms with van der Waals surface area (Å²) in [6, 6.07) is 16.2. The van der Waals surface area contributed by atoms with Crippen LogP contribution in [-0.4, -0.2) is 50.3 Å². The van der Waals surface area contributed by atoms with Gasteiger partial charge in [-0.1, -0.05) is 24.3 Å². The number of hydrogen-bond donors (Lipinski definition) is 2. The molecule has 0 saturated carbocycles. The van der Waals surface area contributed by atoms with Crippen molar-refractivity contribution in [2.75, 3.05) is 33.5 Å². The molecule has 0 atom stereocenters. The molecule has 2 aromatic rings. The SMILES string of the molecule is CN=C(NCCc1ccc(OCC(N)=O)cc1)N(C)Cc1ccc(SC)cc1. The van der Waals surface area contributed by atoms with E-state index in [9.17, 15) is 4.79 Å². The number of thioether (sulfide) groups is 1. The molecule has 0 aromatic heterocycles. The normalized spacial score (nSPS) is 11.2. The Kier molecular flexibility index (Phi) is 8.68. The second-order valence-electron chi connectivity index (χ2n) is 6.33. The van der Waals surface area contributed by atoms with Gasteiger partial charge in [-0.15, -0.1) is 11.8 Å². The molecule has 2 rings (SSSR count). The summed E-state index contributed by atoms with van der Waals surface area (Å²) in [7, 11) is 3.82. The van der Waals surface area contributed by atoms with E-state index in [-0.39, 0.29) is 6.61 Å². The molecule has 28 heavy (non-hydrogen) atoms. The number of carbonyl (C=O) groups is 1. The molecule has 0 fully saturated rings. The summed E-state index contributed by atoms with van der Waals surface area (Å²) in [6.45, 7) is 1.45. The highest BCUT2D eigenvalue weighted by atomic mass is 32.2. The van der Waals surface area contributed by atoms with Gasteiger partial charge in [-0.2, -0.15) is 0 Å². The summed E-state index contributed by atoms with van der Waals surface area (Å²) < 4.78 is 5.27. The fourth-order valence-electron chi connectivity index (χ4n) is 2.69. The van der Waals surface area contributed by atoms with E-state index in [1.54, 1.807) is 18.8 Å². The van der Waals surface area contributed by atoms with Crippen LogP contribution in [0.2, 0.25) is 0 Å². The van der Waals surface area contributed by atoms with Crippen LogP contribution in [0.5, 0.6) is 5.75 Å². The maximum atomic E-state index is 10.7. The molecule has 7 heteroatoms. The van der Waals surface area contributed by atoms with E-state index >= 15 is 0 Å². The van der Waals surface area contributed by atoms with Crippen LogP contribution in [0.15, 0.2) is 58.4 Å². The lowest BCUT2D eigenvalue weighted by Gasteiger charge is -2.22. The Morgan fingerprint density at radius 2 is 1.79 bits per heavy atom. The topological polar surface area (TPSA) is 80.0 Å². The third kappa shape index (κ3) is 7.15. The van der Waals surface area contributed by atoms with E-state index in [1.165, 1.54) is 16.0 Å². The van der Waals surface area contributed by atoms with Gasteiger partial charge >= 0.3 is 0 Å². The molecule has 0 bridgehead atoms. The number of nitrogens with one attached hydrogen (secondary N) is 1. The molecule has 0 unspecified atom stereocenters. The molecule has 0 aliphatic rings. The zero-order chi connectivity index (χ0) is 20.4. The summed E-state index contributed by atoms with van der Waals surface area (Å²) in [5, 5.41) is 3.39. The number of nitrogens with two attached hydrogens (primary N) is 1. The standard InChI is InChI=1S/C21H28N4O2S/c1-23-21(25(2)14-17-6-10-19(28-3)11-7-17)24-13-12-16-4-8-18(9-5-16)27-15-20(22)26/h4-11H,12-15H2,1-3H3,(H2,22,26)(H,23,24). The number of nitrogens with zero attached hydrogens (tertiary/aromatic N) is 2. The zero-order valence-electron chi connectivity index (χ0n) is 16.6. The van der Waals surface area contributed by atoms with Crippen LogP contribution in [0.25, 0.3) is 0 Å².